The molecule has 1 heterocycles. The summed E-state index contributed by atoms with van der Waals surface area (Å²) < 4.78 is 33.1. The lowest BCUT2D eigenvalue weighted by molar-refractivity contribution is 0.384. The molecule has 7 heteroatoms. The number of hydrogen-bond acceptors (Lipinski definition) is 4. The Bertz CT molecular complexity index is 862. The zero-order valence-electron chi connectivity index (χ0n) is 14.3. The van der Waals surface area contributed by atoms with Crippen LogP contribution in [-0.2, 0) is 10.0 Å². The third-order valence-electron chi connectivity index (χ3n) is 4.37. The van der Waals surface area contributed by atoms with Gasteiger partial charge in [0.2, 0.25) is 10.0 Å². The Labute approximate surface area is 157 Å². The van der Waals surface area contributed by atoms with Crippen molar-refractivity contribution in [3.8, 4) is 5.75 Å². The van der Waals surface area contributed by atoms with E-state index in [0.717, 1.165) is 5.69 Å². The zero-order valence-corrected chi connectivity index (χ0v) is 16.7. The topological polar surface area (TPSA) is 49.9 Å². The minimum absolute atomic E-state index is 0.282. The van der Waals surface area contributed by atoms with Crippen molar-refractivity contribution in [2.75, 3.05) is 38.2 Å². The predicted molar refractivity (Wildman–Crippen MR) is 103 cm³/mol. The maximum Gasteiger partial charge on any atom is 0.243 e. The van der Waals surface area contributed by atoms with Crippen LogP contribution in [0, 0.1) is 6.92 Å². The first kappa shape index (κ1) is 18.2. The number of anilines is 1. The second-order valence-corrected chi connectivity index (χ2v) is 8.82. The highest BCUT2D eigenvalue weighted by Crippen LogP contribution is 2.29. The highest BCUT2D eigenvalue weighted by Gasteiger charge is 2.29. The molecule has 0 bridgehead atoms. The van der Waals surface area contributed by atoms with E-state index in [-0.39, 0.29) is 4.90 Å². The Morgan fingerprint density at radius 1 is 1.04 bits per heavy atom. The molecule has 0 aromatic heterocycles. The van der Waals surface area contributed by atoms with E-state index in [1.54, 1.807) is 29.6 Å². The van der Waals surface area contributed by atoms with Crippen LogP contribution in [0.1, 0.15) is 5.56 Å². The molecule has 2 aromatic rings. The molecule has 0 spiro atoms. The number of rotatable bonds is 4. The third kappa shape index (κ3) is 3.83. The van der Waals surface area contributed by atoms with Crippen LogP contribution < -0.4 is 9.64 Å². The summed E-state index contributed by atoms with van der Waals surface area (Å²) in [5.41, 5.74) is 2.35. The molecule has 0 aliphatic carbocycles. The number of halogens is 1. The van der Waals surface area contributed by atoms with Crippen LogP contribution in [0.4, 0.5) is 5.69 Å². The van der Waals surface area contributed by atoms with Crippen molar-refractivity contribution in [3.05, 3.63) is 52.5 Å². The lowest BCUT2D eigenvalue weighted by Gasteiger charge is -2.35. The zero-order chi connectivity index (χ0) is 18.0. The maximum atomic E-state index is 12.9. The number of benzene rings is 2. The van der Waals surface area contributed by atoms with Crippen LogP contribution in [0.3, 0.4) is 0 Å². The summed E-state index contributed by atoms with van der Waals surface area (Å²) in [6, 6.07) is 13.1. The van der Waals surface area contributed by atoms with Crippen LogP contribution in [0.5, 0.6) is 5.75 Å². The summed E-state index contributed by atoms with van der Waals surface area (Å²) in [7, 11) is -1.95. The van der Waals surface area contributed by atoms with Crippen molar-refractivity contribution in [3.63, 3.8) is 0 Å². The van der Waals surface area contributed by atoms with E-state index in [9.17, 15) is 8.42 Å². The van der Waals surface area contributed by atoms with Crippen LogP contribution in [-0.4, -0.2) is 46.0 Å². The Morgan fingerprint density at radius 3 is 2.36 bits per heavy atom. The first-order valence-electron chi connectivity index (χ1n) is 8.07. The number of aryl methyl sites for hydroxylation is 1. The first-order chi connectivity index (χ1) is 11.9. The summed E-state index contributed by atoms with van der Waals surface area (Å²) in [5, 5.41) is 0. The van der Waals surface area contributed by atoms with Gasteiger partial charge in [0.25, 0.3) is 0 Å². The summed E-state index contributed by atoms with van der Waals surface area (Å²) in [5.74, 6) is 0.614. The average molecular weight is 425 g/mol. The van der Waals surface area contributed by atoms with Crippen molar-refractivity contribution in [2.24, 2.45) is 0 Å². The van der Waals surface area contributed by atoms with Crippen molar-refractivity contribution in [2.45, 2.75) is 11.8 Å². The van der Waals surface area contributed by atoms with Gasteiger partial charge in [-0.3, -0.25) is 0 Å². The largest absolute Gasteiger partial charge is 0.496 e. The van der Waals surface area contributed by atoms with Gasteiger partial charge >= 0.3 is 0 Å². The molecule has 1 fully saturated rings. The van der Waals surface area contributed by atoms with Gasteiger partial charge in [-0.2, -0.15) is 4.31 Å². The fourth-order valence-electron chi connectivity index (χ4n) is 2.97. The van der Waals surface area contributed by atoms with Crippen molar-refractivity contribution < 1.29 is 13.2 Å². The minimum Gasteiger partial charge on any atom is -0.496 e. The second-order valence-electron chi connectivity index (χ2n) is 6.03. The standard InChI is InChI=1S/C18H21BrN2O3S/c1-14-4-3-5-15(12-14)20-8-10-21(11-9-20)25(22,23)16-6-7-18(24-2)17(19)13-16/h3-7,12-13H,8-11H2,1-2H3. The number of nitrogens with zero attached hydrogens (tertiary/aromatic N) is 2. The molecule has 0 amide bonds. The normalized spacial score (nSPS) is 16.0. The number of piperazine rings is 1. The van der Waals surface area contributed by atoms with Gasteiger partial charge in [0.15, 0.2) is 0 Å². The van der Waals surface area contributed by atoms with Crippen LogP contribution in [0.2, 0.25) is 0 Å². The van der Waals surface area contributed by atoms with E-state index < -0.39 is 10.0 Å². The van der Waals surface area contributed by atoms with Gasteiger partial charge < -0.3 is 9.64 Å². The van der Waals surface area contributed by atoms with Gasteiger partial charge in [0, 0.05) is 31.9 Å². The molecule has 25 heavy (non-hydrogen) atoms. The van der Waals surface area contributed by atoms with Gasteiger partial charge in [-0.15, -0.1) is 0 Å². The number of ether oxygens (including phenoxy) is 1. The summed E-state index contributed by atoms with van der Waals surface area (Å²) in [6.45, 7) is 4.37. The molecule has 0 atom stereocenters. The molecule has 1 aliphatic rings. The van der Waals surface area contributed by atoms with Crippen LogP contribution >= 0.6 is 15.9 Å². The average Bonchev–Trinajstić information content (AvgIpc) is 2.61. The van der Waals surface area contributed by atoms with E-state index in [2.05, 4.69) is 46.0 Å². The van der Waals surface area contributed by atoms with Crippen molar-refractivity contribution >= 4 is 31.6 Å². The fourth-order valence-corrected chi connectivity index (χ4v) is 5.11. The fraction of sp³-hybridized carbons (Fsp3) is 0.333. The molecular formula is C18H21BrN2O3S. The molecule has 0 N–H and O–H groups in total. The van der Waals surface area contributed by atoms with Gasteiger partial charge in [0.1, 0.15) is 5.75 Å². The Kier molecular flexibility index (Phi) is 5.36. The van der Waals surface area contributed by atoms with Gasteiger partial charge in [0.05, 0.1) is 16.5 Å². The van der Waals surface area contributed by atoms with E-state index in [1.165, 1.54) is 5.56 Å². The van der Waals surface area contributed by atoms with Crippen molar-refractivity contribution in [1.82, 2.24) is 4.31 Å². The van der Waals surface area contributed by atoms with Gasteiger partial charge in [-0.1, -0.05) is 12.1 Å². The Hall–Kier alpha value is -1.57. The maximum absolute atomic E-state index is 12.9. The van der Waals surface area contributed by atoms with Crippen LogP contribution in [0.15, 0.2) is 51.8 Å². The molecule has 2 aromatic carbocycles. The molecule has 0 radical (unpaired) electrons. The highest BCUT2D eigenvalue weighted by molar-refractivity contribution is 9.10. The quantitative estimate of drug-likeness (QED) is 0.755. The molecule has 0 unspecified atom stereocenters. The molecule has 1 aliphatic heterocycles. The van der Waals surface area contributed by atoms with Crippen molar-refractivity contribution in [1.29, 1.82) is 0 Å². The highest BCUT2D eigenvalue weighted by atomic mass is 79.9. The number of sulfonamides is 1. The molecule has 0 saturated carbocycles. The van der Waals surface area contributed by atoms with E-state index in [1.807, 2.05) is 6.07 Å². The molecule has 5 nitrogen and oxygen atoms in total. The SMILES string of the molecule is COc1ccc(S(=O)(=O)N2CCN(c3cccc(C)c3)CC2)cc1Br. The lowest BCUT2D eigenvalue weighted by atomic mass is 10.2. The van der Waals surface area contributed by atoms with Gasteiger partial charge in [-0.05, 0) is 58.7 Å². The Morgan fingerprint density at radius 2 is 1.76 bits per heavy atom. The van der Waals surface area contributed by atoms with E-state index >= 15 is 0 Å². The minimum atomic E-state index is -3.50. The molecule has 134 valence electrons. The Balaban J connectivity index is 1.74. The summed E-state index contributed by atoms with van der Waals surface area (Å²) in [6.07, 6.45) is 0. The van der Waals surface area contributed by atoms with E-state index in [0.29, 0.717) is 36.4 Å². The predicted octanol–water partition coefficient (Wildman–Crippen LogP) is 3.28. The summed E-state index contributed by atoms with van der Waals surface area (Å²) >= 11 is 3.35. The molecule has 1 saturated heterocycles. The van der Waals surface area contributed by atoms with E-state index in [4.69, 9.17) is 4.74 Å². The lowest BCUT2D eigenvalue weighted by Crippen LogP contribution is -2.48. The first-order valence-corrected chi connectivity index (χ1v) is 10.3. The molecule has 3 rings (SSSR count). The van der Waals surface area contributed by atoms with Gasteiger partial charge in [-0.25, -0.2) is 8.42 Å². The monoisotopic (exact) mass is 424 g/mol. The number of hydrogen-bond donors (Lipinski definition) is 0. The smallest absolute Gasteiger partial charge is 0.243 e. The second kappa shape index (κ2) is 7.35. The summed E-state index contributed by atoms with van der Waals surface area (Å²) in [4.78, 5) is 2.51. The number of methoxy groups -OCH3 is 1. The third-order valence-corrected chi connectivity index (χ3v) is 6.88. The van der Waals surface area contributed by atoms with Crippen LogP contribution in [0.25, 0.3) is 0 Å². The molecular weight excluding hydrogens is 404 g/mol.